The van der Waals surface area contributed by atoms with E-state index in [0.29, 0.717) is 31.0 Å². The summed E-state index contributed by atoms with van der Waals surface area (Å²) in [7, 11) is 0. The highest BCUT2D eigenvalue weighted by Gasteiger charge is 2.52. The van der Waals surface area contributed by atoms with E-state index in [9.17, 15) is 4.79 Å². The molecule has 3 unspecified atom stereocenters. The standard InChI is InChI=1S/C17H30N2O2/c1-4-21-16(20)9-15-17-14(11-19(15)10-12(2)3)13-5-7-18(17)8-6-13/h12-15,17H,4-11H2,1-3H3. The molecule has 0 N–H and O–H groups in total. The van der Waals surface area contributed by atoms with Gasteiger partial charge in [0.05, 0.1) is 13.0 Å². The van der Waals surface area contributed by atoms with Gasteiger partial charge < -0.3 is 4.74 Å². The molecule has 4 fully saturated rings. The van der Waals surface area contributed by atoms with Gasteiger partial charge in [0.15, 0.2) is 0 Å². The van der Waals surface area contributed by atoms with E-state index >= 15 is 0 Å². The van der Waals surface area contributed by atoms with Crippen molar-refractivity contribution >= 4 is 5.97 Å². The first kappa shape index (κ1) is 15.3. The van der Waals surface area contributed by atoms with Crippen molar-refractivity contribution in [3.63, 3.8) is 0 Å². The number of piperidine rings is 3. The second-order valence-corrected chi connectivity index (χ2v) is 7.45. The van der Waals surface area contributed by atoms with Gasteiger partial charge in [0.25, 0.3) is 0 Å². The Bertz CT molecular complexity index is 377. The van der Waals surface area contributed by atoms with Crippen LogP contribution in [0.15, 0.2) is 0 Å². The van der Waals surface area contributed by atoms with Gasteiger partial charge in [0, 0.05) is 25.2 Å². The number of carbonyl (C=O) groups excluding carboxylic acids is 1. The Kier molecular flexibility index (Phi) is 4.55. The number of rotatable bonds is 5. The molecule has 0 aliphatic carbocycles. The number of esters is 1. The van der Waals surface area contributed by atoms with E-state index in [1.165, 1.54) is 32.5 Å². The number of ether oxygens (including phenoxy) is 1. The molecule has 4 rings (SSSR count). The Balaban J connectivity index is 1.76. The zero-order valence-electron chi connectivity index (χ0n) is 13.8. The molecule has 4 saturated heterocycles. The molecule has 0 amide bonds. The van der Waals surface area contributed by atoms with Gasteiger partial charge in [-0.05, 0) is 50.6 Å². The maximum atomic E-state index is 12.0. The first-order valence-corrected chi connectivity index (χ1v) is 8.73. The van der Waals surface area contributed by atoms with Gasteiger partial charge in [-0.15, -0.1) is 0 Å². The van der Waals surface area contributed by atoms with Crippen LogP contribution < -0.4 is 0 Å². The van der Waals surface area contributed by atoms with E-state index in [4.69, 9.17) is 4.74 Å². The fourth-order valence-corrected chi connectivity index (χ4v) is 4.92. The third kappa shape index (κ3) is 2.98. The topological polar surface area (TPSA) is 32.8 Å². The largest absolute Gasteiger partial charge is 0.466 e. The number of carbonyl (C=O) groups is 1. The molecular formula is C17H30N2O2. The van der Waals surface area contributed by atoms with Crippen molar-refractivity contribution in [2.75, 3.05) is 32.8 Å². The SMILES string of the molecule is CCOC(=O)CC1C2C(CN1CC(C)C)C1CCN2CC1. The quantitative estimate of drug-likeness (QED) is 0.726. The molecule has 0 aromatic heterocycles. The second kappa shape index (κ2) is 6.25. The van der Waals surface area contributed by atoms with Crippen LogP contribution in [0.25, 0.3) is 0 Å². The number of hydrogen-bond acceptors (Lipinski definition) is 4. The van der Waals surface area contributed by atoms with Crippen molar-refractivity contribution in [2.45, 2.75) is 52.1 Å². The van der Waals surface area contributed by atoms with E-state index in [1.807, 2.05) is 6.92 Å². The first-order valence-electron chi connectivity index (χ1n) is 8.73. The van der Waals surface area contributed by atoms with E-state index in [-0.39, 0.29) is 5.97 Å². The molecule has 4 heteroatoms. The highest BCUT2D eigenvalue weighted by Crippen LogP contribution is 2.44. The Morgan fingerprint density at radius 1 is 1.29 bits per heavy atom. The van der Waals surface area contributed by atoms with Crippen molar-refractivity contribution in [1.82, 2.24) is 9.80 Å². The van der Waals surface area contributed by atoms with Crippen LogP contribution in [0.2, 0.25) is 0 Å². The van der Waals surface area contributed by atoms with Crippen LogP contribution in [-0.4, -0.2) is 60.6 Å². The summed E-state index contributed by atoms with van der Waals surface area (Å²) in [6.45, 7) is 11.7. The minimum atomic E-state index is -0.0143. The van der Waals surface area contributed by atoms with E-state index in [2.05, 4.69) is 23.6 Å². The highest BCUT2D eigenvalue weighted by atomic mass is 16.5. The zero-order valence-corrected chi connectivity index (χ0v) is 13.8. The molecule has 3 atom stereocenters. The number of hydrogen-bond donors (Lipinski definition) is 0. The van der Waals surface area contributed by atoms with Gasteiger partial charge in [0.2, 0.25) is 0 Å². The van der Waals surface area contributed by atoms with Crippen LogP contribution in [0.4, 0.5) is 0 Å². The average Bonchev–Trinajstić information content (AvgIpc) is 2.80. The van der Waals surface area contributed by atoms with Crippen LogP contribution in [0, 0.1) is 17.8 Å². The van der Waals surface area contributed by atoms with Crippen molar-refractivity contribution in [2.24, 2.45) is 17.8 Å². The predicted octanol–water partition coefficient (Wildman–Crippen LogP) is 1.99. The summed E-state index contributed by atoms with van der Waals surface area (Å²) < 4.78 is 5.23. The van der Waals surface area contributed by atoms with Crippen molar-refractivity contribution in [1.29, 1.82) is 0 Å². The van der Waals surface area contributed by atoms with E-state index < -0.39 is 0 Å². The van der Waals surface area contributed by atoms with Gasteiger partial charge in [-0.2, -0.15) is 0 Å². The van der Waals surface area contributed by atoms with Crippen LogP contribution >= 0.6 is 0 Å². The lowest BCUT2D eigenvalue weighted by molar-refractivity contribution is -0.145. The third-order valence-electron chi connectivity index (χ3n) is 5.63. The van der Waals surface area contributed by atoms with Crippen molar-refractivity contribution in [3.8, 4) is 0 Å². The minimum absolute atomic E-state index is 0.0143. The van der Waals surface area contributed by atoms with Gasteiger partial charge in [0.1, 0.15) is 0 Å². The van der Waals surface area contributed by atoms with Crippen LogP contribution in [-0.2, 0) is 9.53 Å². The zero-order chi connectivity index (χ0) is 15.0. The molecule has 4 heterocycles. The lowest BCUT2D eigenvalue weighted by Gasteiger charge is -2.49. The summed E-state index contributed by atoms with van der Waals surface area (Å²) in [6.07, 6.45) is 3.30. The smallest absolute Gasteiger partial charge is 0.307 e. The molecule has 0 aromatic rings. The molecule has 0 aromatic carbocycles. The van der Waals surface area contributed by atoms with E-state index in [1.54, 1.807) is 0 Å². The van der Waals surface area contributed by atoms with Gasteiger partial charge in [-0.25, -0.2) is 0 Å². The van der Waals surface area contributed by atoms with Crippen molar-refractivity contribution in [3.05, 3.63) is 0 Å². The Labute approximate surface area is 128 Å². The fraction of sp³-hybridized carbons (Fsp3) is 0.941. The van der Waals surface area contributed by atoms with Crippen LogP contribution in [0.3, 0.4) is 0 Å². The summed E-state index contributed by atoms with van der Waals surface area (Å²) in [5, 5.41) is 0. The monoisotopic (exact) mass is 294 g/mol. The van der Waals surface area contributed by atoms with Crippen LogP contribution in [0.1, 0.15) is 40.0 Å². The van der Waals surface area contributed by atoms with Gasteiger partial charge in [-0.1, -0.05) is 13.8 Å². The van der Waals surface area contributed by atoms with Crippen molar-refractivity contribution < 1.29 is 9.53 Å². The molecule has 2 bridgehead atoms. The Morgan fingerprint density at radius 3 is 2.62 bits per heavy atom. The van der Waals surface area contributed by atoms with Crippen LogP contribution in [0.5, 0.6) is 0 Å². The maximum Gasteiger partial charge on any atom is 0.307 e. The molecule has 21 heavy (non-hydrogen) atoms. The first-order chi connectivity index (χ1) is 10.1. The molecule has 4 aliphatic heterocycles. The normalized spacial score (nSPS) is 38.8. The molecule has 120 valence electrons. The highest BCUT2D eigenvalue weighted by molar-refractivity contribution is 5.70. The molecular weight excluding hydrogens is 264 g/mol. The van der Waals surface area contributed by atoms with Gasteiger partial charge in [-0.3, -0.25) is 14.6 Å². The number of likely N-dealkylation sites (tertiary alicyclic amines) is 1. The fourth-order valence-electron chi connectivity index (χ4n) is 4.92. The van der Waals surface area contributed by atoms with Gasteiger partial charge >= 0.3 is 5.97 Å². The summed E-state index contributed by atoms with van der Waals surface area (Å²) in [5.41, 5.74) is 0. The second-order valence-electron chi connectivity index (χ2n) is 7.45. The summed E-state index contributed by atoms with van der Waals surface area (Å²) in [4.78, 5) is 17.3. The summed E-state index contributed by atoms with van der Waals surface area (Å²) in [5.74, 6) is 2.31. The lowest BCUT2D eigenvalue weighted by atomic mass is 9.73. The summed E-state index contributed by atoms with van der Waals surface area (Å²) in [6, 6.07) is 0.972. The predicted molar refractivity (Wildman–Crippen MR) is 83.0 cm³/mol. The molecule has 0 spiro atoms. The van der Waals surface area contributed by atoms with E-state index in [0.717, 1.165) is 18.4 Å². The lowest BCUT2D eigenvalue weighted by Crippen LogP contribution is -2.57. The molecule has 4 nitrogen and oxygen atoms in total. The summed E-state index contributed by atoms with van der Waals surface area (Å²) >= 11 is 0. The Morgan fingerprint density at radius 2 is 2.00 bits per heavy atom. The maximum absolute atomic E-state index is 12.0. The number of fused-ring (bicyclic) bond motifs is 2. The third-order valence-corrected chi connectivity index (χ3v) is 5.63. The average molecular weight is 294 g/mol. The molecule has 0 radical (unpaired) electrons. The molecule has 0 saturated carbocycles. The minimum Gasteiger partial charge on any atom is -0.466 e. The molecule has 4 aliphatic rings. The Hall–Kier alpha value is -0.610. The number of nitrogens with zero attached hydrogens (tertiary/aromatic N) is 2.